The van der Waals surface area contributed by atoms with Crippen molar-refractivity contribution in [3.63, 3.8) is 0 Å². The van der Waals surface area contributed by atoms with Crippen LogP contribution >= 0.6 is 0 Å². The number of carbonyl (C=O) groups is 1. The molecule has 0 aromatic heterocycles. The molecule has 0 radical (unpaired) electrons. The highest BCUT2D eigenvalue weighted by atomic mass is 16.1. The average molecular weight is 304 g/mol. The summed E-state index contributed by atoms with van der Waals surface area (Å²) in [6.45, 7) is 5.91. The predicted molar refractivity (Wildman–Crippen MR) is 97.3 cm³/mol. The summed E-state index contributed by atoms with van der Waals surface area (Å²) in [6, 6.07) is 16.1. The first-order valence-corrected chi connectivity index (χ1v) is 7.73. The minimum absolute atomic E-state index is 0.00191. The Morgan fingerprint density at radius 2 is 1.96 bits per heavy atom. The fraction of sp³-hybridized carbons (Fsp3) is 0.150. The molecule has 1 aliphatic rings. The van der Waals surface area contributed by atoms with Crippen molar-refractivity contribution in [3.05, 3.63) is 72.3 Å². The van der Waals surface area contributed by atoms with Crippen LogP contribution in [0.2, 0.25) is 0 Å². The van der Waals surface area contributed by atoms with E-state index in [1.54, 1.807) is 6.08 Å². The van der Waals surface area contributed by atoms with Crippen LogP contribution in [-0.4, -0.2) is 11.9 Å². The molecule has 3 rings (SSSR count). The number of allylic oxidation sites excluding steroid dienone is 1. The summed E-state index contributed by atoms with van der Waals surface area (Å²) in [5, 5.41) is 6.38. The summed E-state index contributed by atoms with van der Waals surface area (Å²) >= 11 is 0. The number of hydrogen-bond donors (Lipinski definition) is 2. The zero-order valence-electron chi connectivity index (χ0n) is 13.2. The molecule has 0 bridgehead atoms. The third-order valence-electron chi connectivity index (χ3n) is 3.99. The van der Waals surface area contributed by atoms with Crippen molar-refractivity contribution in [3.8, 4) is 0 Å². The largest absolute Gasteiger partial charge is 0.376 e. The molecular weight excluding hydrogens is 284 g/mol. The van der Waals surface area contributed by atoms with Gasteiger partial charge in [0.05, 0.1) is 23.8 Å². The third-order valence-corrected chi connectivity index (χ3v) is 3.99. The molecular formula is C20H20N2O. The third kappa shape index (κ3) is 3.34. The van der Waals surface area contributed by atoms with Crippen LogP contribution in [0.25, 0.3) is 11.6 Å². The quantitative estimate of drug-likeness (QED) is 0.645. The number of carbonyl (C=O) groups excluding carboxylic acids is 1. The summed E-state index contributed by atoms with van der Waals surface area (Å²) in [7, 11) is 0. The maximum Gasteiger partial charge on any atom is 0.226 e. The van der Waals surface area contributed by atoms with Gasteiger partial charge in [-0.1, -0.05) is 48.5 Å². The zero-order valence-corrected chi connectivity index (χ0v) is 13.2. The molecule has 23 heavy (non-hydrogen) atoms. The minimum atomic E-state index is -0.0668. The topological polar surface area (TPSA) is 41.1 Å². The fourth-order valence-corrected chi connectivity index (χ4v) is 2.75. The number of rotatable bonds is 3. The second kappa shape index (κ2) is 6.53. The van der Waals surface area contributed by atoms with E-state index in [4.69, 9.17) is 0 Å². The lowest BCUT2D eigenvalue weighted by Gasteiger charge is -2.16. The first kappa shape index (κ1) is 15.1. The van der Waals surface area contributed by atoms with Crippen LogP contribution in [0.4, 0.5) is 11.4 Å². The van der Waals surface area contributed by atoms with E-state index >= 15 is 0 Å². The summed E-state index contributed by atoms with van der Waals surface area (Å²) in [5.74, 6) is 0.00191. The molecule has 1 aliphatic heterocycles. The molecule has 0 saturated carbocycles. The van der Waals surface area contributed by atoms with Crippen molar-refractivity contribution in [1.29, 1.82) is 0 Å². The number of fused-ring (bicyclic) bond motifs is 1. The first-order chi connectivity index (χ1) is 11.2. The number of benzene rings is 2. The van der Waals surface area contributed by atoms with E-state index in [2.05, 4.69) is 48.4 Å². The fourth-order valence-electron chi connectivity index (χ4n) is 2.75. The SMILES string of the molecule is C=C[C@@H]1CC(=O)Nc2cccc(/C=C(\C)c3ccccc3)c2N1. The number of anilines is 2. The molecule has 3 heteroatoms. The maximum atomic E-state index is 12.0. The van der Waals surface area contributed by atoms with Crippen molar-refractivity contribution < 1.29 is 4.79 Å². The molecule has 0 aliphatic carbocycles. The van der Waals surface area contributed by atoms with Crippen LogP contribution in [0.1, 0.15) is 24.5 Å². The highest BCUT2D eigenvalue weighted by Gasteiger charge is 2.20. The monoisotopic (exact) mass is 304 g/mol. The van der Waals surface area contributed by atoms with E-state index in [0.717, 1.165) is 16.9 Å². The van der Waals surface area contributed by atoms with Gasteiger partial charge < -0.3 is 10.6 Å². The van der Waals surface area contributed by atoms with Crippen LogP contribution in [0, 0.1) is 0 Å². The molecule has 1 heterocycles. The van der Waals surface area contributed by atoms with Gasteiger partial charge in [-0.2, -0.15) is 0 Å². The van der Waals surface area contributed by atoms with Crippen LogP contribution in [0.5, 0.6) is 0 Å². The van der Waals surface area contributed by atoms with Gasteiger partial charge in [-0.05, 0) is 30.2 Å². The highest BCUT2D eigenvalue weighted by Crippen LogP contribution is 2.32. The van der Waals surface area contributed by atoms with Gasteiger partial charge in [0.15, 0.2) is 0 Å². The number of para-hydroxylation sites is 1. The first-order valence-electron chi connectivity index (χ1n) is 7.73. The van der Waals surface area contributed by atoms with Gasteiger partial charge in [-0.3, -0.25) is 4.79 Å². The standard InChI is InChI=1S/C20H20N2O/c1-3-17-13-19(23)22-18-11-7-10-16(20(18)21-17)12-14(2)15-8-5-4-6-9-15/h3-12,17,21H,1,13H2,2H3,(H,22,23)/b14-12+/t17-/m1/s1. The van der Waals surface area contributed by atoms with Crippen molar-refractivity contribution in [2.24, 2.45) is 0 Å². The van der Waals surface area contributed by atoms with E-state index < -0.39 is 0 Å². The van der Waals surface area contributed by atoms with Crippen LogP contribution in [-0.2, 0) is 4.79 Å². The Labute approximate surface area is 136 Å². The molecule has 2 aromatic rings. The summed E-state index contributed by atoms with van der Waals surface area (Å²) < 4.78 is 0. The second-order valence-electron chi connectivity index (χ2n) is 5.70. The normalized spacial score (nSPS) is 17.5. The summed E-state index contributed by atoms with van der Waals surface area (Å²) in [5.41, 5.74) is 5.17. The Kier molecular flexibility index (Phi) is 4.29. The van der Waals surface area contributed by atoms with E-state index in [-0.39, 0.29) is 11.9 Å². The van der Waals surface area contributed by atoms with E-state index in [0.29, 0.717) is 6.42 Å². The van der Waals surface area contributed by atoms with E-state index in [1.165, 1.54) is 11.1 Å². The Hall–Kier alpha value is -2.81. The summed E-state index contributed by atoms with van der Waals surface area (Å²) in [6.07, 6.45) is 4.30. The maximum absolute atomic E-state index is 12.0. The molecule has 116 valence electrons. The Morgan fingerprint density at radius 3 is 2.70 bits per heavy atom. The Bertz CT molecular complexity index is 762. The van der Waals surface area contributed by atoms with Crippen molar-refractivity contribution in [2.75, 3.05) is 10.6 Å². The van der Waals surface area contributed by atoms with Crippen molar-refractivity contribution in [1.82, 2.24) is 0 Å². The van der Waals surface area contributed by atoms with Crippen molar-refractivity contribution in [2.45, 2.75) is 19.4 Å². The van der Waals surface area contributed by atoms with Crippen LogP contribution < -0.4 is 10.6 Å². The lowest BCUT2D eigenvalue weighted by Crippen LogP contribution is -2.20. The van der Waals surface area contributed by atoms with Crippen LogP contribution in [0.3, 0.4) is 0 Å². The Morgan fingerprint density at radius 1 is 1.17 bits per heavy atom. The van der Waals surface area contributed by atoms with Gasteiger partial charge in [-0.15, -0.1) is 6.58 Å². The van der Waals surface area contributed by atoms with Crippen LogP contribution in [0.15, 0.2) is 61.2 Å². The van der Waals surface area contributed by atoms with Gasteiger partial charge in [0.2, 0.25) is 5.91 Å². The van der Waals surface area contributed by atoms with E-state index in [9.17, 15) is 4.79 Å². The minimum Gasteiger partial charge on any atom is -0.376 e. The van der Waals surface area contributed by atoms with Crippen molar-refractivity contribution >= 4 is 28.9 Å². The molecule has 1 atom stereocenters. The Balaban J connectivity index is 2.03. The summed E-state index contributed by atoms with van der Waals surface area (Å²) in [4.78, 5) is 12.0. The highest BCUT2D eigenvalue weighted by molar-refractivity contribution is 5.99. The average Bonchev–Trinajstić information content (AvgIpc) is 2.74. The predicted octanol–water partition coefficient (Wildman–Crippen LogP) is 4.56. The van der Waals surface area contributed by atoms with Gasteiger partial charge in [0, 0.05) is 5.56 Å². The smallest absolute Gasteiger partial charge is 0.226 e. The molecule has 0 unspecified atom stereocenters. The molecule has 0 spiro atoms. The lowest BCUT2D eigenvalue weighted by molar-refractivity contribution is -0.116. The molecule has 0 fully saturated rings. The van der Waals surface area contributed by atoms with Gasteiger partial charge in [-0.25, -0.2) is 0 Å². The molecule has 1 amide bonds. The second-order valence-corrected chi connectivity index (χ2v) is 5.70. The number of nitrogens with one attached hydrogen (secondary N) is 2. The zero-order chi connectivity index (χ0) is 16.2. The van der Waals surface area contributed by atoms with E-state index in [1.807, 2.05) is 30.3 Å². The van der Waals surface area contributed by atoms with Gasteiger partial charge in [0.1, 0.15) is 0 Å². The molecule has 2 N–H and O–H groups in total. The van der Waals surface area contributed by atoms with Gasteiger partial charge in [0.25, 0.3) is 0 Å². The molecule has 2 aromatic carbocycles. The molecule has 3 nitrogen and oxygen atoms in total. The lowest BCUT2D eigenvalue weighted by atomic mass is 10.0. The molecule has 0 saturated heterocycles. The van der Waals surface area contributed by atoms with Gasteiger partial charge >= 0.3 is 0 Å². The number of hydrogen-bond acceptors (Lipinski definition) is 2. The number of amides is 1.